The summed E-state index contributed by atoms with van der Waals surface area (Å²) >= 11 is 0. The lowest BCUT2D eigenvalue weighted by atomic mass is 9.64. The Labute approximate surface area is 123 Å². The summed E-state index contributed by atoms with van der Waals surface area (Å²) in [4.78, 5) is 0. The zero-order valence-electron chi connectivity index (χ0n) is 12.6. The average molecular weight is 274 g/mol. The molecular formula is C17H27BO2. The van der Waals surface area contributed by atoms with E-state index in [1.54, 1.807) is 0 Å². The highest BCUT2D eigenvalue weighted by molar-refractivity contribution is 6.43. The van der Waals surface area contributed by atoms with Gasteiger partial charge in [-0.25, -0.2) is 0 Å². The van der Waals surface area contributed by atoms with E-state index in [-0.39, 0.29) is 5.82 Å². The number of fused-ring (bicyclic) bond motifs is 1. The predicted octanol–water partition coefficient (Wildman–Crippen LogP) is 3.71. The lowest BCUT2D eigenvalue weighted by molar-refractivity contribution is 0.347. The zero-order valence-corrected chi connectivity index (χ0v) is 12.6. The molecular weight excluding hydrogens is 247 g/mol. The maximum atomic E-state index is 9.70. The fourth-order valence-electron chi connectivity index (χ4n) is 3.58. The molecule has 2 unspecified atom stereocenters. The van der Waals surface area contributed by atoms with Crippen molar-refractivity contribution in [3.63, 3.8) is 0 Å². The molecule has 2 rings (SSSR count). The van der Waals surface area contributed by atoms with Crippen LogP contribution >= 0.6 is 0 Å². The second kappa shape index (κ2) is 7.85. The first-order valence-corrected chi connectivity index (χ1v) is 8.18. The minimum atomic E-state index is -1.22. The van der Waals surface area contributed by atoms with Crippen LogP contribution in [0.4, 0.5) is 0 Å². The standard InChI is InChI=1S/C17H27BO2/c1-2-3-4-5-6-7-11-15-13-14-10-8-9-12-16(14)17(15)18(19)20/h8-10,12,15,17,19-20H,2-7,11,13H2,1H3. The van der Waals surface area contributed by atoms with Crippen LogP contribution in [-0.2, 0) is 6.42 Å². The van der Waals surface area contributed by atoms with Crippen molar-refractivity contribution in [2.75, 3.05) is 0 Å². The smallest absolute Gasteiger partial charge is 0.427 e. The van der Waals surface area contributed by atoms with Crippen molar-refractivity contribution in [2.45, 2.75) is 64.1 Å². The summed E-state index contributed by atoms with van der Waals surface area (Å²) in [6.07, 6.45) is 9.90. The van der Waals surface area contributed by atoms with Crippen LogP contribution in [0, 0.1) is 5.92 Å². The van der Waals surface area contributed by atoms with Crippen LogP contribution in [0.5, 0.6) is 0 Å². The molecule has 0 spiro atoms. The van der Waals surface area contributed by atoms with Crippen molar-refractivity contribution in [1.82, 2.24) is 0 Å². The maximum absolute atomic E-state index is 9.70. The highest BCUT2D eigenvalue weighted by atomic mass is 16.4. The van der Waals surface area contributed by atoms with Gasteiger partial charge in [-0.05, 0) is 23.5 Å². The molecule has 2 atom stereocenters. The molecule has 0 heterocycles. The normalized spacial score (nSPS) is 20.9. The zero-order chi connectivity index (χ0) is 14.4. The Bertz CT molecular complexity index is 406. The van der Waals surface area contributed by atoms with Crippen LogP contribution in [0.15, 0.2) is 24.3 Å². The van der Waals surface area contributed by atoms with E-state index in [2.05, 4.69) is 19.1 Å². The van der Waals surface area contributed by atoms with Crippen molar-refractivity contribution >= 4 is 7.12 Å². The molecule has 1 aromatic carbocycles. The van der Waals surface area contributed by atoms with Gasteiger partial charge < -0.3 is 10.0 Å². The van der Waals surface area contributed by atoms with Crippen molar-refractivity contribution in [3.05, 3.63) is 35.4 Å². The Morgan fingerprint density at radius 2 is 1.75 bits per heavy atom. The third-order valence-electron chi connectivity index (χ3n) is 4.65. The molecule has 2 nitrogen and oxygen atoms in total. The molecule has 0 aromatic heterocycles. The summed E-state index contributed by atoms with van der Waals surface area (Å²) in [5.74, 6) is 0.320. The van der Waals surface area contributed by atoms with E-state index < -0.39 is 7.12 Å². The van der Waals surface area contributed by atoms with E-state index in [1.165, 1.54) is 44.1 Å². The summed E-state index contributed by atoms with van der Waals surface area (Å²) in [7, 11) is -1.22. The van der Waals surface area contributed by atoms with Crippen molar-refractivity contribution in [3.8, 4) is 0 Å². The van der Waals surface area contributed by atoms with Gasteiger partial charge in [0.25, 0.3) is 0 Å². The molecule has 110 valence electrons. The van der Waals surface area contributed by atoms with Crippen molar-refractivity contribution < 1.29 is 10.0 Å². The van der Waals surface area contributed by atoms with E-state index in [0.29, 0.717) is 5.92 Å². The number of benzene rings is 1. The highest BCUT2D eigenvalue weighted by Crippen LogP contribution is 2.41. The topological polar surface area (TPSA) is 40.5 Å². The van der Waals surface area contributed by atoms with Gasteiger partial charge in [0.2, 0.25) is 0 Å². The van der Waals surface area contributed by atoms with Crippen LogP contribution in [0.3, 0.4) is 0 Å². The number of unbranched alkanes of at least 4 members (excludes halogenated alkanes) is 5. The van der Waals surface area contributed by atoms with Gasteiger partial charge in [0.15, 0.2) is 0 Å². The highest BCUT2D eigenvalue weighted by Gasteiger charge is 2.39. The Kier molecular flexibility index (Phi) is 6.12. The van der Waals surface area contributed by atoms with Gasteiger partial charge in [0.05, 0.1) is 0 Å². The molecule has 20 heavy (non-hydrogen) atoms. The molecule has 0 radical (unpaired) electrons. The first kappa shape index (κ1) is 15.6. The van der Waals surface area contributed by atoms with Gasteiger partial charge in [-0.15, -0.1) is 0 Å². The molecule has 0 saturated carbocycles. The Morgan fingerprint density at radius 1 is 1.05 bits per heavy atom. The second-order valence-electron chi connectivity index (χ2n) is 6.16. The van der Waals surface area contributed by atoms with E-state index in [0.717, 1.165) is 18.4 Å². The first-order valence-electron chi connectivity index (χ1n) is 8.18. The van der Waals surface area contributed by atoms with Crippen LogP contribution in [0.25, 0.3) is 0 Å². The van der Waals surface area contributed by atoms with Crippen molar-refractivity contribution in [1.29, 1.82) is 0 Å². The lowest BCUT2D eigenvalue weighted by Gasteiger charge is -2.19. The Morgan fingerprint density at radius 3 is 2.50 bits per heavy atom. The summed E-state index contributed by atoms with van der Waals surface area (Å²) in [6, 6.07) is 8.24. The fraction of sp³-hybridized carbons (Fsp3) is 0.647. The number of hydrogen-bond donors (Lipinski definition) is 2. The molecule has 1 aliphatic carbocycles. The predicted molar refractivity (Wildman–Crippen MR) is 84.6 cm³/mol. The molecule has 0 saturated heterocycles. The van der Waals surface area contributed by atoms with Gasteiger partial charge in [-0.2, -0.15) is 0 Å². The summed E-state index contributed by atoms with van der Waals surface area (Å²) in [5, 5.41) is 19.4. The molecule has 0 bridgehead atoms. The molecule has 1 aliphatic rings. The number of hydrogen-bond acceptors (Lipinski definition) is 2. The summed E-state index contributed by atoms with van der Waals surface area (Å²) in [5.41, 5.74) is 2.46. The lowest BCUT2D eigenvalue weighted by Crippen LogP contribution is -2.27. The molecule has 2 N–H and O–H groups in total. The van der Waals surface area contributed by atoms with Gasteiger partial charge in [0.1, 0.15) is 0 Å². The molecule has 0 fully saturated rings. The minimum absolute atomic E-state index is 0.0816. The first-order chi connectivity index (χ1) is 9.74. The molecule has 3 heteroatoms. The maximum Gasteiger partial charge on any atom is 0.459 e. The third kappa shape index (κ3) is 3.86. The monoisotopic (exact) mass is 274 g/mol. The van der Waals surface area contributed by atoms with Crippen molar-refractivity contribution in [2.24, 2.45) is 5.92 Å². The van der Waals surface area contributed by atoms with E-state index in [9.17, 15) is 10.0 Å². The van der Waals surface area contributed by atoms with Gasteiger partial charge >= 0.3 is 7.12 Å². The van der Waals surface area contributed by atoms with E-state index >= 15 is 0 Å². The third-order valence-corrected chi connectivity index (χ3v) is 4.65. The van der Waals surface area contributed by atoms with Crippen LogP contribution in [0.2, 0.25) is 0 Å². The minimum Gasteiger partial charge on any atom is -0.427 e. The summed E-state index contributed by atoms with van der Waals surface area (Å²) in [6.45, 7) is 2.24. The SMILES string of the molecule is CCCCCCCCC1Cc2ccccc2C1B(O)O. The average Bonchev–Trinajstić information content (AvgIpc) is 2.81. The van der Waals surface area contributed by atoms with Gasteiger partial charge in [-0.1, -0.05) is 76.1 Å². The van der Waals surface area contributed by atoms with Crippen LogP contribution < -0.4 is 0 Å². The Balaban J connectivity index is 1.83. The molecule has 1 aromatic rings. The fourth-order valence-corrected chi connectivity index (χ4v) is 3.58. The molecule has 0 amide bonds. The van der Waals surface area contributed by atoms with Gasteiger partial charge in [0, 0.05) is 5.82 Å². The van der Waals surface area contributed by atoms with Crippen LogP contribution in [-0.4, -0.2) is 17.2 Å². The quantitative estimate of drug-likeness (QED) is 0.560. The summed E-state index contributed by atoms with van der Waals surface area (Å²) < 4.78 is 0. The Hall–Kier alpha value is -0.795. The molecule has 0 aliphatic heterocycles. The second-order valence-corrected chi connectivity index (χ2v) is 6.16. The van der Waals surface area contributed by atoms with E-state index in [4.69, 9.17) is 0 Å². The van der Waals surface area contributed by atoms with Crippen LogP contribution in [0.1, 0.15) is 68.8 Å². The van der Waals surface area contributed by atoms with E-state index in [1.807, 2.05) is 12.1 Å². The largest absolute Gasteiger partial charge is 0.459 e. The van der Waals surface area contributed by atoms with Gasteiger partial charge in [-0.3, -0.25) is 0 Å². The number of rotatable bonds is 8.